The summed E-state index contributed by atoms with van der Waals surface area (Å²) in [5.74, 6) is 0.709. The molecule has 0 amide bonds. The van der Waals surface area contributed by atoms with Crippen molar-refractivity contribution in [2.24, 2.45) is 12.8 Å². The van der Waals surface area contributed by atoms with Gasteiger partial charge in [0.25, 0.3) is 0 Å². The summed E-state index contributed by atoms with van der Waals surface area (Å²) < 4.78 is 7.62. The molecule has 0 fully saturated rings. The molecule has 3 N–H and O–H groups in total. The molecule has 0 aliphatic rings. The number of ether oxygens (including phenoxy) is 1. The smallest absolute Gasteiger partial charge is 0.133 e. The van der Waals surface area contributed by atoms with Gasteiger partial charge in [-0.05, 0) is 18.2 Å². The molecule has 0 aliphatic heterocycles. The highest BCUT2D eigenvalue weighted by Gasteiger charge is 2.08. The van der Waals surface area contributed by atoms with Gasteiger partial charge in [-0.1, -0.05) is 30.3 Å². The monoisotopic (exact) mass is 280 g/mol. The van der Waals surface area contributed by atoms with Crippen molar-refractivity contribution in [3.05, 3.63) is 59.8 Å². The topological polar surface area (TPSA) is 76.9 Å². The Morgan fingerprint density at radius 1 is 1.24 bits per heavy atom. The molecule has 0 saturated heterocycles. The van der Waals surface area contributed by atoms with Crippen LogP contribution in [0.1, 0.15) is 11.3 Å². The molecule has 5 nitrogen and oxygen atoms in total. The van der Waals surface area contributed by atoms with Gasteiger partial charge < -0.3 is 10.5 Å². The first kappa shape index (κ1) is 13.2. The van der Waals surface area contributed by atoms with Gasteiger partial charge in [-0.2, -0.15) is 5.10 Å². The molecule has 1 heterocycles. The highest BCUT2D eigenvalue weighted by Crippen LogP contribution is 2.20. The first-order valence-corrected chi connectivity index (χ1v) is 6.63. The number of rotatable bonds is 4. The maximum atomic E-state index is 7.45. The van der Waals surface area contributed by atoms with Crippen molar-refractivity contribution in [1.29, 1.82) is 5.41 Å². The standard InChI is InChI=1S/C16H16N4O/c1-20-15-8-3-2-7-13(15)14(19-20)10-21-12-6-4-5-11(9-12)16(17)18/h2-9H,10H2,1H3,(H3,17,18). The first-order chi connectivity index (χ1) is 10.1. The highest BCUT2D eigenvalue weighted by atomic mass is 16.5. The Balaban J connectivity index is 1.84. The van der Waals surface area contributed by atoms with Crippen LogP contribution in [0, 0.1) is 5.41 Å². The van der Waals surface area contributed by atoms with Gasteiger partial charge in [-0.25, -0.2) is 0 Å². The van der Waals surface area contributed by atoms with Crippen molar-refractivity contribution in [1.82, 2.24) is 9.78 Å². The molecule has 3 rings (SSSR count). The number of hydrogen-bond acceptors (Lipinski definition) is 3. The normalized spacial score (nSPS) is 10.7. The maximum Gasteiger partial charge on any atom is 0.133 e. The third-order valence-electron chi connectivity index (χ3n) is 3.35. The Morgan fingerprint density at radius 2 is 2.05 bits per heavy atom. The third-order valence-corrected chi connectivity index (χ3v) is 3.35. The lowest BCUT2D eigenvalue weighted by molar-refractivity contribution is 0.301. The quantitative estimate of drug-likeness (QED) is 0.569. The van der Waals surface area contributed by atoms with E-state index in [9.17, 15) is 0 Å². The first-order valence-electron chi connectivity index (χ1n) is 6.63. The molecule has 2 aromatic carbocycles. The van der Waals surface area contributed by atoms with Crippen LogP contribution in [0.5, 0.6) is 5.75 Å². The summed E-state index contributed by atoms with van der Waals surface area (Å²) in [5, 5.41) is 13.0. The number of amidine groups is 1. The Morgan fingerprint density at radius 3 is 2.86 bits per heavy atom. The van der Waals surface area contributed by atoms with E-state index in [1.165, 1.54) is 0 Å². The molecular formula is C16H16N4O. The Kier molecular flexibility index (Phi) is 3.31. The molecule has 21 heavy (non-hydrogen) atoms. The van der Waals surface area contributed by atoms with Crippen LogP contribution < -0.4 is 10.5 Å². The number of hydrogen-bond donors (Lipinski definition) is 2. The van der Waals surface area contributed by atoms with Crippen LogP contribution in [-0.4, -0.2) is 15.6 Å². The molecular weight excluding hydrogens is 264 g/mol. The lowest BCUT2D eigenvalue weighted by Gasteiger charge is -2.06. The zero-order valence-corrected chi connectivity index (χ0v) is 11.7. The van der Waals surface area contributed by atoms with E-state index in [1.807, 2.05) is 48.1 Å². The zero-order valence-electron chi connectivity index (χ0n) is 11.7. The summed E-state index contributed by atoms with van der Waals surface area (Å²) in [6, 6.07) is 15.3. The predicted octanol–water partition coefficient (Wildman–Crippen LogP) is 2.44. The fraction of sp³-hybridized carbons (Fsp3) is 0.125. The minimum atomic E-state index is 0.0312. The van der Waals surface area contributed by atoms with Crippen LogP contribution in [0.4, 0.5) is 0 Å². The van der Waals surface area contributed by atoms with Crippen molar-refractivity contribution in [2.75, 3.05) is 0 Å². The summed E-state index contributed by atoms with van der Waals surface area (Å²) in [6.45, 7) is 0.378. The van der Waals surface area contributed by atoms with Crippen LogP contribution in [-0.2, 0) is 13.7 Å². The van der Waals surface area contributed by atoms with E-state index < -0.39 is 0 Å². The number of benzene rings is 2. The second-order valence-corrected chi connectivity index (χ2v) is 4.82. The molecule has 0 aliphatic carbocycles. The van der Waals surface area contributed by atoms with E-state index >= 15 is 0 Å². The molecule has 0 saturated carbocycles. The molecule has 1 aromatic heterocycles. The van der Waals surface area contributed by atoms with E-state index in [1.54, 1.807) is 12.1 Å². The Labute approximate surface area is 122 Å². The van der Waals surface area contributed by atoms with Gasteiger partial charge in [0, 0.05) is 18.0 Å². The summed E-state index contributed by atoms with van der Waals surface area (Å²) in [6.07, 6.45) is 0. The van der Waals surface area contributed by atoms with Gasteiger partial charge in [-0.15, -0.1) is 0 Å². The van der Waals surface area contributed by atoms with Crippen molar-refractivity contribution in [3.63, 3.8) is 0 Å². The Hall–Kier alpha value is -2.82. The zero-order chi connectivity index (χ0) is 14.8. The second-order valence-electron chi connectivity index (χ2n) is 4.82. The average molecular weight is 280 g/mol. The van der Waals surface area contributed by atoms with Crippen LogP contribution in [0.25, 0.3) is 10.9 Å². The molecule has 0 unspecified atom stereocenters. The SMILES string of the molecule is Cn1nc(COc2cccc(C(=N)N)c2)c2ccccc21. The van der Waals surface area contributed by atoms with Crippen molar-refractivity contribution in [2.45, 2.75) is 6.61 Å². The number of nitrogens with two attached hydrogens (primary N) is 1. The fourth-order valence-electron chi connectivity index (χ4n) is 2.30. The number of nitrogens with one attached hydrogen (secondary N) is 1. The minimum absolute atomic E-state index is 0.0312. The van der Waals surface area contributed by atoms with Gasteiger partial charge in [-0.3, -0.25) is 10.1 Å². The number of fused-ring (bicyclic) bond motifs is 1. The van der Waals surface area contributed by atoms with Crippen LogP contribution >= 0.6 is 0 Å². The molecule has 0 spiro atoms. The van der Waals surface area contributed by atoms with E-state index in [0.717, 1.165) is 16.6 Å². The summed E-state index contributed by atoms with van der Waals surface area (Å²) in [5.41, 5.74) is 8.10. The van der Waals surface area contributed by atoms with E-state index in [-0.39, 0.29) is 5.84 Å². The summed E-state index contributed by atoms with van der Waals surface area (Å²) in [7, 11) is 1.92. The molecule has 3 aromatic rings. The number of aryl methyl sites for hydroxylation is 1. The molecule has 0 atom stereocenters. The number of para-hydroxylation sites is 1. The van der Waals surface area contributed by atoms with Gasteiger partial charge in [0.1, 0.15) is 23.9 Å². The predicted molar refractivity (Wildman–Crippen MR) is 82.5 cm³/mol. The number of aromatic nitrogens is 2. The molecule has 5 heteroatoms. The fourth-order valence-corrected chi connectivity index (χ4v) is 2.30. The van der Waals surface area contributed by atoms with Crippen molar-refractivity contribution in [3.8, 4) is 5.75 Å². The minimum Gasteiger partial charge on any atom is -0.487 e. The van der Waals surface area contributed by atoms with Crippen LogP contribution in [0.15, 0.2) is 48.5 Å². The average Bonchev–Trinajstić information content (AvgIpc) is 2.82. The number of nitrogen functional groups attached to an aromatic ring is 1. The maximum absolute atomic E-state index is 7.45. The van der Waals surface area contributed by atoms with Crippen LogP contribution in [0.2, 0.25) is 0 Å². The van der Waals surface area contributed by atoms with Crippen molar-refractivity contribution < 1.29 is 4.74 Å². The molecule has 0 bridgehead atoms. The number of nitrogens with zero attached hydrogens (tertiary/aromatic N) is 2. The van der Waals surface area contributed by atoms with E-state index in [2.05, 4.69) is 5.10 Å². The third kappa shape index (κ3) is 2.58. The second kappa shape index (κ2) is 5.28. The van der Waals surface area contributed by atoms with Crippen LogP contribution in [0.3, 0.4) is 0 Å². The summed E-state index contributed by atoms with van der Waals surface area (Å²) in [4.78, 5) is 0. The van der Waals surface area contributed by atoms with Crippen molar-refractivity contribution >= 4 is 16.7 Å². The van der Waals surface area contributed by atoms with Gasteiger partial charge in [0.15, 0.2) is 0 Å². The van der Waals surface area contributed by atoms with Gasteiger partial charge in [0.05, 0.1) is 5.52 Å². The molecule has 0 radical (unpaired) electrons. The van der Waals surface area contributed by atoms with E-state index in [0.29, 0.717) is 17.9 Å². The van der Waals surface area contributed by atoms with Gasteiger partial charge in [0.2, 0.25) is 0 Å². The largest absolute Gasteiger partial charge is 0.487 e. The highest BCUT2D eigenvalue weighted by molar-refractivity contribution is 5.95. The Bertz CT molecular complexity index is 807. The molecule has 106 valence electrons. The van der Waals surface area contributed by atoms with Gasteiger partial charge >= 0.3 is 0 Å². The summed E-state index contributed by atoms with van der Waals surface area (Å²) >= 11 is 0. The lowest BCUT2D eigenvalue weighted by atomic mass is 10.2. The van der Waals surface area contributed by atoms with E-state index in [4.69, 9.17) is 15.9 Å². The lowest BCUT2D eigenvalue weighted by Crippen LogP contribution is -2.10.